The molecule has 1 fully saturated rings. The van der Waals surface area contributed by atoms with Crippen molar-refractivity contribution in [2.45, 2.75) is 77.7 Å². The standard InChI is InChI=1S/C18H35N3O2/c1-3-12-21(13-4-2)18(23)11-7-10-17(22)20-16-9-6-5-8-15(16)14-19/h15-16H,3-14,19H2,1-2H3,(H,20,22). The van der Waals surface area contributed by atoms with Crippen LogP contribution in [-0.2, 0) is 9.59 Å². The number of hydrogen-bond donors (Lipinski definition) is 2. The molecule has 0 spiro atoms. The molecule has 0 saturated heterocycles. The van der Waals surface area contributed by atoms with E-state index in [-0.39, 0.29) is 17.9 Å². The minimum Gasteiger partial charge on any atom is -0.353 e. The molecular formula is C18H35N3O2. The van der Waals surface area contributed by atoms with Crippen LogP contribution in [0, 0.1) is 5.92 Å². The average molecular weight is 325 g/mol. The number of carbonyl (C=O) groups is 2. The molecule has 0 aliphatic heterocycles. The molecule has 134 valence electrons. The Bertz CT molecular complexity index is 354. The van der Waals surface area contributed by atoms with Crippen molar-refractivity contribution in [2.24, 2.45) is 11.7 Å². The van der Waals surface area contributed by atoms with Crippen LogP contribution in [0.25, 0.3) is 0 Å². The zero-order valence-electron chi connectivity index (χ0n) is 15.0. The Morgan fingerprint density at radius 3 is 2.35 bits per heavy atom. The van der Waals surface area contributed by atoms with E-state index in [1.54, 1.807) is 0 Å². The third kappa shape index (κ3) is 7.34. The fourth-order valence-corrected chi connectivity index (χ4v) is 3.42. The van der Waals surface area contributed by atoms with Gasteiger partial charge in [-0.3, -0.25) is 9.59 Å². The summed E-state index contributed by atoms with van der Waals surface area (Å²) in [5.41, 5.74) is 5.80. The molecule has 0 aromatic heterocycles. The summed E-state index contributed by atoms with van der Waals surface area (Å²) in [6.07, 6.45) is 8.04. The lowest BCUT2D eigenvalue weighted by atomic mass is 9.84. The topological polar surface area (TPSA) is 75.4 Å². The second-order valence-electron chi connectivity index (χ2n) is 6.69. The summed E-state index contributed by atoms with van der Waals surface area (Å²) in [7, 11) is 0. The number of nitrogens with two attached hydrogens (primary N) is 1. The van der Waals surface area contributed by atoms with E-state index in [0.717, 1.165) is 38.8 Å². The molecule has 1 aliphatic carbocycles. The highest BCUT2D eigenvalue weighted by atomic mass is 16.2. The third-order valence-corrected chi connectivity index (χ3v) is 4.69. The Labute approximate surface area is 141 Å². The lowest BCUT2D eigenvalue weighted by molar-refractivity contribution is -0.131. The molecular weight excluding hydrogens is 290 g/mol. The predicted octanol–water partition coefficient (Wildman–Crippen LogP) is 2.44. The van der Waals surface area contributed by atoms with Gasteiger partial charge in [0.25, 0.3) is 0 Å². The summed E-state index contributed by atoms with van der Waals surface area (Å²) in [5, 5.41) is 3.13. The van der Waals surface area contributed by atoms with Gasteiger partial charge in [-0.1, -0.05) is 26.7 Å². The highest BCUT2D eigenvalue weighted by Crippen LogP contribution is 2.23. The number of nitrogens with one attached hydrogen (secondary N) is 1. The molecule has 0 bridgehead atoms. The highest BCUT2D eigenvalue weighted by molar-refractivity contribution is 5.79. The van der Waals surface area contributed by atoms with Crippen molar-refractivity contribution < 1.29 is 9.59 Å². The molecule has 0 heterocycles. The van der Waals surface area contributed by atoms with Gasteiger partial charge in [-0.2, -0.15) is 0 Å². The maximum absolute atomic E-state index is 12.2. The monoisotopic (exact) mass is 325 g/mol. The van der Waals surface area contributed by atoms with Gasteiger partial charge in [-0.05, 0) is 44.6 Å². The average Bonchev–Trinajstić information content (AvgIpc) is 2.55. The first-order valence-corrected chi connectivity index (χ1v) is 9.39. The molecule has 1 saturated carbocycles. The van der Waals surface area contributed by atoms with Crippen LogP contribution in [0.3, 0.4) is 0 Å². The maximum Gasteiger partial charge on any atom is 0.222 e. The van der Waals surface area contributed by atoms with Crippen LogP contribution in [0.2, 0.25) is 0 Å². The van der Waals surface area contributed by atoms with Crippen molar-refractivity contribution in [3.8, 4) is 0 Å². The van der Waals surface area contributed by atoms with Gasteiger partial charge in [0.05, 0.1) is 0 Å². The van der Waals surface area contributed by atoms with Crippen LogP contribution in [0.1, 0.15) is 71.6 Å². The first-order chi connectivity index (χ1) is 11.1. The molecule has 2 amide bonds. The molecule has 5 heteroatoms. The molecule has 23 heavy (non-hydrogen) atoms. The van der Waals surface area contributed by atoms with E-state index in [4.69, 9.17) is 5.73 Å². The van der Waals surface area contributed by atoms with E-state index < -0.39 is 0 Å². The van der Waals surface area contributed by atoms with Crippen LogP contribution in [0.15, 0.2) is 0 Å². The Kier molecular flexibility index (Phi) is 9.92. The van der Waals surface area contributed by atoms with Crippen molar-refractivity contribution >= 4 is 11.8 Å². The molecule has 1 rings (SSSR count). The van der Waals surface area contributed by atoms with Gasteiger partial charge in [0, 0.05) is 32.0 Å². The van der Waals surface area contributed by atoms with Crippen LogP contribution < -0.4 is 11.1 Å². The predicted molar refractivity (Wildman–Crippen MR) is 94.0 cm³/mol. The van der Waals surface area contributed by atoms with Gasteiger partial charge in [0.15, 0.2) is 0 Å². The van der Waals surface area contributed by atoms with Crippen molar-refractivity contribution in [1.29, 1.82) is 0 Å². The van der Waals surface area contributed by atoms with Crippen molar-refractivity contribution in [3.05, 3.63) is 0 Å². The van der Waals surface area contributed by atoms with E-state index in [2.05, 4.69) is 19.2 Å². The van der Waals surface area contributed by atoms with Crippen LogP contribution in [0.5, 0.6) is 0 Å². The SMILES string of the molecule is CCCN(CCC)C(=O)CCCC(=O)NC1CCCCC1CN. The molecule has 0 aromatic rings. The Morgan fingerprint density at radius 2 is 1.74 bits per heavy atom. The molecule has 2 atom stereocenters. The second kappa shape index (κ2) is 11.4. The van der Waals surface area contributed by atoms with Gasteiger partial charge < -0.3 is 16.0 Å². The lowest BCUT2D eigenvalue weighted by Gasteiger charge is -2.31. The van der Waals surface area contributed by atoms with E-state index in [1.165, 1.54) is 12.8 Å². The van der Waals surface area contributed by atoms with E-state index in [0.29, 0.717) is 31.7 Å². The molecule has 3 N–H and O–H groups in total. The Morgan fingerprint density at radius 1 is 1.09 bits per heavy atom. The third-order valence-electron chi connectivity index (χ3n) is 4.69. The number of rotatable bonds is 10. The lowest BCUT2D eigenvalue weighted by Crippen LogP contribution is -2.44. The summed E-state index contributed by atoms with van der Waals surface area (Å²) in [5.74, 6) is 0.665. The van der Waals surface area contributed by atoms with Gasteiger partial charge in [0.2, 0.25) is 11.8 Å². The highest BCUT2D eigenvalue weighted by Gasteiger charge is 2.25. The van der Waals surface area contributed by atoms with Gasteiger partial charge in [-0.15, -0.1) is 0 Å². The largest absolute Gasteiger partial charge is 0.353 e. The molecule has 0 radical (unpaired) electrons. The van der Waals surface area contributed by atoms with Gasteiger partial charge in [-0.25, -0.2) is 0 Å². The summed E-state index contributed by atoms with van der Waals surface area (Å²) in [4.78, 5) is 26.2. The fraction of sp³-hybridized carbons (Fsp3) is 0.889. The summed E-state index contributed by atoms with van der Waals surface area (Å²) < 4.78 is 0. The van der Waals surface area contributed by atoms with Crippen LogP contribution in [-0.4, -0.2) is 42.4 Å². The smallest absolute Gasteiger partial charge is 0.222 e. The fourth-order valence-electron chi connectivity index (χ4n) is 3.42. The van der Waals surface area contributed by atoms with E-state index in [9.17, 15) is 9.59 Å². The van der Waals surface area contributed by atoms with Crippen molar-refractivity contribution in [2.75, 3.05) is 19.6 Å². The molecule has 1 aliphatic rings. The summed E-state index contributed by atoms with van der Waals surface area (Å²) in [6, 6.07) is 0.230. The number of hydrogen-bond acceptors (Lipinski definition) is 3. The Balaban J connectivity index is 2.28. The number of carbonyl (C=O) groups excluding carboxylic acids is 2. The van der Waals surface area contributed by atoms with E-state index >= 15 is 0 Å². The normalized spacial score (nSPS) is 21.0. The molecule has 0 aromatic carbocycles. The van der Waals surface area contributed by atoms with Gasteiger partial charge in [0.1, 0.15) is 0 Å². The number of nitrogens with zero attached hydrogens (tertiary/aromatic N) is 1. The summed E-state index contributed by atoms with van der Waals surface area (Å²) >= 11 is 0. The van der Waals surface area contributed by atoms with Crippen LogP contribution in [0.4, 0.5) is 0 Å². The summed E-state index contributed by atoms with van der Waals surface area (Å²) in [6.45, 7) is 6.45. The maximum atomic E-state index is 12.2. The minimum atomic E-state index is 0.0701. The first-order valence-electron chi connectivity index (χ1n) is 9.39. The Hall–Kier alpha value is -1.10. The molecule has 5 nitrogen and oxygen atoms in total. The van der Waals surface area contributed by atoms with E-state index in [1.807, 2.05) is 4.90 Å². The first kappa shape index (κ1) is 19.9. The zero-order chi connectivity index (χ0) is 17.1. The minimum absolute atomic E-state index is 0.0701. The number of amides is 2. The van der Waals surface area contributed by atoms with Gasteiger partial charge >= 0.3 is 0 Å². The van der Waals surface area contributed by atoms with Crippen molar-refractivity contribution in [1.82, 2.24) is 10.2 Å². The second-order valence-corrected chi connectivity index (χ2v) is 6.69. The van der Waals surface area contributed by atoms with Crippen molar-refractivity contribution in [3.63, 3.8) is 0 Å². The molecule has 2 unspecified atom stereocenters. The van der Waals surface area contributed by atoms with Crippen LogP contribution >= 0.6 is 0 Å². The quantitative estimate of drug-likeness (QED) is 0.648. The zero-order valence-corrected chi connectivity index (χ0v) is 15.0.